The second-order valence-electron chi connectivity index (χ2n) is 23.5. The van der Waals surface area contributed by atoms with Crippen molar-refractivity contribution in [1.29, 1.82) is 0 Å². The standard InChI is InChI=1S/C68H132O6/c1-4-7-10-13-16-19-21-23-25-27-29-30-31-32-33-34-35-36-37-39-40-42-44-46-49-52-55-58-61-67(70)73-64-65(63-72-66(69)60-57-54-51-48-18-15-12-9-6-3)74-68(71)62-59-56-53-50-47-45-43-41-38-28-26-24-22-20-17-14-11-8-5-2/h65H,4-64H2,1-3H3. The molecule has 0 aromatic rings. The summed E-state index contributed by atoms with van der Waals surface area (Å²) in [7, 11) is 0. The van der Waals surface area contributed by atoms with E-state index in [0.29, 0.717) is 19.3 Å². The number of rotatable bonds is 64. The molecule has 0 N–H and O–H groups in total. The molecule has 0 bridgehead atoms. The molecule has 440 valence electrons. The van der Waals surface area contributed by atoms with E-state index in [1.165, 1.54) is 302 Å². The average Bonchev–Trinajstić information content (AvgIpc) is 3.40. The van der Waals surface area contributed by atoms with Gasteiger partial charge in [-0.05, 0) is 19.3 Å². The fourth-order valence-corrected chi connectivity index (χ4v) is 10.7. The zero-order valence-electron chi connectivity index (χ0n) is 50.7. The first-order valence-electron chi connectivity index (χ1n) is 34.0. The van der Waals surface area contributed by atoms with Crippen molar-refractivity contribution in [2.45, 2.75) is 406 Å². The Morgan fingerprint density at radius 3 is 0.541 bits per heavy atom. The summed E-state index contributed by atoms with van der Waals surface area (Å²) in [5.74, 6) is -0.829. The molecular weight excluding hydrogens is 913 g/mol. The van der Waals surface area contributed by atoms with Gasteiger partial charge in [0.1, 0.15) is 13.2 Å². The fourth-order valence-electron chi connectivity index (χ4n) is 10.7. The molecule has 0 spiro atoms. The lowest BCUT2D eigenvalue weighted by Crippen LogP contribution is -2.30. The van der Waals surface area contributed by atoms with Crippen LogP contribution in [0, 0.1) is 0 Å². The lowest BCUT2D eigenvalue weighted by molar-refractivity contribution is -0.167. The number of esters is 3. The van der Waals surface area contributed by atoms with Crippen molar-refractivity contribution in [2.75, 3.05) is 13.2 Å². The highest BCUT2D eigenvalue weighted by Crippen LogP contribution is 2.19. The second kappa shape index (κ2) is 63.9. The largest absolute Gasteiger partial charge is 0.462 e. The second-order valence-corrected chi connectivity index (χ2v) is 23.5. The Morgan fingerprint density at radius 2 is 0.365 bits per heavy atom. The van der Waals surface area contributed by atoms with Crippen LogP contribution in [-0.2, 0) is 28.6 Å². The van der Waals surface area contributed by atoms with Crippen molar-refractivity contribution in [3.05, 3.63) is 0 Å². The zero-order chi connectivity index (χ0) is 53.6. The summed E-state index contributed by atoms with van der Waals surface area (Å²) in [6, 6.07) is 0. The minimum atomic E-state index is -0.762. The molecule has 1 unspecified atom stereocenters. The van der Waals surface area contributed by atoms with Gasteiger partial charge in [0, 0.05) is 19.3 Å². The molecule has 6 nitrogen and oxygen atoms in total. The van der Waals surface area contributed by atoms with Crippen LogP contribution in [0.5, 0.6) is 0 Å². The van der Waals surface area contributed by atoms with Crippen molar-refractivity contribution >= 4 is 17.9 Å². The molecule has 0 aromatic heterocycles. The molecule has 74 heavy (non-hydrogen) atoms. The molecule has 0 aromatic carbocycles. The van der Waals surface area contributed by atoms with E-state index in [2.05, 4.69) is 20.8 Å². The molecule has 0 aliphatic carbocycles. The highest BCUT2D eigenvalue weighted by atomic mass is 16.6. The smallest absolute Gasteiger partial charge is 0.306 e. The van der Waals surface area contributed by atoms with Crippen LogP contribution in [0.1, 0.15) is 400 Å². The summed E-state index contributed by atoms with van der Waals surface area (Å²) in [6.07, 6.45) is 74.3. The van der Waals surface area contributed by atoms with E-state index >= 15 is 0 Å². The van der Waals surface area contributed by atoms with Crippen molar-refractivity contribution in [1.82, 2.24) is 0 Å². The molecular formula is C68H132O6. The van der Waals surface area contributed by atoms with Crippen LogP contribution in [0.3, 0.4) is 0 Å². The predicted molar refractivity (Wildman–Crippen MR) is 321 cm³/mol. The summed E-state index contributed by atoms with van der Waals surface area (Å²) in [4.78, 5) is 38.2. The first kappa shape index (κ1) is 72.4. The van der Waals surface area contributed by atoms with Gasteiger partial charge in [0.15, 0.2) is 6.10 Å². The minimum Gasteiger partial charge on any atom is -0.462 e. The normalized spacial score (nSPS) is 11.9. The lowest BCUT2D eigenvalue weighted by atomic mass is 10.0. The van der Waals surface area contributed by atoms with Gasteiger partial charge in [-0.25, -0.2) is 0 Å². The first-order chi connectivity index (χ1) is 36.5. The summed E-state index contributed by atoms with van der Waals surface area (Å²) in [6.45, 7) is 6.71. The van der Waals surface area contributed by atoms with Crippen LogP contribution in [0.25, 0.3) is 0 Å². The fraction of sp³-hybridized carbons (Fsp3) is 0.956. The monoisotopic (exact) mass is 1050 g/mol. The van der Waals surface area contributed by atoms with Gasteiger partial charge in [-0.3, -0.25) is 14.4 Å². The number of hydrogen-bond donors (Lipinski definition) is 0. The predicted octanol–water partition coefficient (Wildman–Crippen LogP) is 23.1. The van der Waals surface area contributed by atoms with Gasteiger partial charge in [-0.15, -0.1) is 0 Å². The molecule has 0 aliphatic heterocycles. The molecule has 0 rings (SSSR count). The maximum absolute atomic E-state index is 12.9. The highest BCUT2D eigenvalue weighted by Gasteiger charge is 2.19. The van der Waals surface area contributed by atoms with Crippen LogP contribution < -0.4 is 0 Å². The van der Waals surface area contributed by atoms with E-state index in [9.17, 15) is 14.4 Å². The van der Waals surface area contributed by atoms with Crippen LogP contribution in [0.4, 0.5) is 0 Å². The Bertz CT molecular complexity index is 1110. The molecule has 0 heterocycles. The van der Waals surface area contributed by atoms with E-state index in [1.54, 1.807) is 0 Å². The number of ether oxygens (including phenoxy) is 3. The molecule has 0 fully saturated rings. The van der Waals surface area contributed by atoms with E-state index in [0.717, 1.165) is 57.8 Å². The topological polar surface area (TPSA) is 78.9 Å². The first-order valence-corrected chi connectivity index (χ1v) is 34.0. The average molecular weight is 1050 g/mol. The molecule has 6 heteroatoms. The number of hydrogen-bond acceptors (Lipinski definition) is 6. The van der Waals surface area contributed by atoms with Crippen molar-refractivity contribution in [3.8, 4) is 0 Å². The Hall–Kier alpha value is -1.59. The third-order valence-electron chi connectivity index (χ3n) is 15.9. The van der Waals surface area contributed by atoms with Crippen LogP contribution >= 0.6 is 0 Å². The van der Waals surface area contributed by atoms with Gasteiger partial charge in [-0.1, -0.05) is 361 Å². The lowest BCUT2D eigenvalue weighted by Gasteiger charge is -2.18. The third-order valence-corrected chi connectivity index (χ3v) is 15.9. The quantitative estimate of drug-likeness (QED) is 0.0343. The Kier molecular flexibility index (Phi) is 62.6. The van der Waals surface area contributed by atoms with Gasteiger partial charge in [0.05, 0.1) is 0 Å². The van der Waals surface area contributed by atoms with Gasteiger partial charge in [-0.2, -0.15) is 0 Å². The number of carbonyl (C=O) groups is 3. The van der Waals surface area contributed by atoms with E-state index in [-0.39, 0.29) is 31.1 Å². The molecule has 0 radical (unpaired) electrons. The van der Waals surface area contributed by atoms with Gasteiger partial charge >= 0.3 is 17.9 Å². The maximum atomic E-state index is 12.9. The molecule has 0 amide bonds. The summed E-state index contributed by atoms with van der Waals surface area (Å²) in [5.41, 5.74) is 0. The third kappa shape index (κ3) is 61.3. The summed E-state index contributed by atoms with van der Waals surface area (Å²) < 4.78 is 16.9. The van der Waals surface area contributed by atoms with Crippen LogP contribution in [0.2, 0.25) is 0 Å². The number of carbonyl (C=O) groups excluding carboxylic acids is 3. The van der Waals surface area contributed by atoms with E-state index in [4.69, 9.17) is 14.2 Å². The maximum Gasteiger partial charge on any atom is 0.306 e. The SMILES string of the molecule is CCCCCCCCCCCCCCCCCCCCCCCCCCCCCCC(=O)OCC(COC(=O)CCCCCCCCCCC)OC(=O)CCCCCCCCCCCCCCCCCCCCC. The Labute approximate surface area is 463 Å². The van der Waals surface area contributed by atoms with Crippen molar-refractivity contribution in [2.24, 2.45) is 0 Å². The number of unbranched alkanes of at least 4 members (excludes halogenated alkanes) is 53. The minimum absolute atomic E-state index is 0.0609. The van der Waals surface area contributed by atoms with Crippen LogP contribution in [0.15, 0.2) is 0 Å². The van der Waals surface area contributed by atoms with E-state index < -0.39 is 6.10 Å². The molecule has 0 saturated heterocycles. The van der Waals surface area contributed by atoms with Crippen molar-refractivity contribution in [3.63, 3.8) is 0 Å². The summed E-state index contributed by atoms with van der Waals surface area (Å²) in [5, 5.41) is 0. The Balaban J connectivity index is 4.06. The summed E-state index contributed by atoms with van der Waals surface area (Å²) >= 11 is 0. The molecule has 0 saturated carbocycles. The van der Waals surface area contributed by atoms with Gasteiger partial charge < -0.3 is 14.2 Å². The van der Waals surface area contributed by atoms with Crippen molar-refractivity contribution < 1.29 is 28.6 Å². The van der Waals surface area contributed by atoms with Crippen LogP contribution in [-0.4, -0.2) is 37.2 Å². The molecule has 0 aliphatic rings. The zero-order valence-corrected chi connectivity index (χ0v) is 50.7. The highest BCUT2D eigenvalue weighted by molar-refractivity contribution is 5.71. The Morgan fingerprint density at radius 1 is 0.216 bits per heavy atom. The van der Waals surface area contributed by atoms with Gasteiger partial charge in [0.2, 0.25) is 0 Å². The molecule has 1 atom stereocenters. The van der Waals surface area contributed by atoms with Gasteiger partial charge in [0.25, 0.3) is 0 Å². The van der Waals surface area contributed by atoms with E-state index in [1.807, 2.05) is 0 Å².